The van der Waals surface area contributed by atoms with Gasteiger partial charge in [0.05, 0.1) is 0 Å². The van der Waals surface area contributed by atoms with Crippen LogP contribution in [0, 0.1) is 0 Å². The summed E-state index contributed by atoms with van der Waals surface area (Å²) in [6, 6.07) is 21.2. The highest BCUT2D eigenvalue weighted by Gasteiger charge is 2.16. The highest BCUT2D eigenvalue weighted by Crippen LogP contribution is 2.37. The van der Waals surface area contributed by atoms with Gasteiger partial charge >= 0.3 is 0 Å². The van der Waals surface area contributed by atoms with Gasteiger partial charge in [0, 0.05) is 4.83 Å². The molecule has 0 nitrogen and oxygen atoms in total. The van der Waals surface area contributed by atoms with Gasteiger partial charge < -0.3 is 0 Å². The molecule has 1 unspecified atom stereocenters. The van der Waals surface area contributed by atoms with Gasteiger partial charge in [-0.25, -0.2) is 0 Å². The van der Waals surface area contributed by atoms with Crippen LogP contribution >= 0.6 is 15.9 Å². The van der Waals surface area contributed by atoms with Gasteiger partial charge in [-0.15, -0.1) is 0 Å². The SMILES string of the molecule is C[C@H](c1ccccc1)C(Br)c1ccccc1. The van der Waals surface area contributed by atoms with Gasteiger partial charge in [0.15, 0.2) is 0 Å². The molecular formula is C15H15Br. The van der Waals surface area contributed by atoms with Crippen LogP contribution in [-0.4, -0.2) is 0 Å². The van der Waals surface area contributed by atoms with Crippen molar-refractivity contribution < 1.29 is 0 Å². The van der Waals surface area contributed by atoms with Crippen LogP contribution in [0.4, 0.5) is 0 Å². The lowest BCUT2D eigenvalue weighted by Gasteiger charge is -2.19. The van der Waals surface area contributed by atoms with E-state index < -0.39 is 0 Å². The number of hydrogen-bond donors (Lipinski definition) is 0. The first kappa shape index (κ1) is 11.4. The highest BCUT2D eigenvalue weighted by atomic mass is 79.9. The highest BCUT2D eigenvalue weighted by molar-refractivity contribution is 9.09. The third kappa shape index (κ3) is 2.53. The third-order valence-electron chi connectivity index (χ3n) is 2.88. The van der Waals surface area contributed by atoms with Crippen molar-refractivity contribution in [3.63, 3.8) is 0 Å². The predicted octanol–water partition coefficient (Wildman–Crippen LogP) is 4.93. The Bertz CT molecular complexity index is 378. The smallest absolute Gasteiger partial charge is 0.0461 e. The quantitative estimate of drug-likeness (QED) is 0.697. The summed E-state index contributed by atoms with van der Waals surface area (Å²) in [6.07, 6.45) is 0. The molecule has 0 heterocycles. The van der Waals surface area contributed by atoms with Crippen molar-refractivity contribution in [3.8, 4) is 0 Å². The fraction of sp³-hybridized carbons (Fsp3) is 0.200. The molecule has 0 aliphatic rings. The molecule has 0 radical (unpaired) electrons. The largest absolute Gasteiger partial charge is 0.0832 e. The Morgan fingerprint density at radius 1 is 0.750 bits per heavy atom. The van der Waals surface area contributed by atoms with Crippen molar-refractivity contribution in [2.24, 2.45) is 0 Å². The monoisotopic (exact) mass is 274 g/mol. The van der Waals surface area contributed by atoms with Crippen molar-refractivity contribution in [1.29, 1.82) is 0 Å². The molecule has 1 heteroatoms. The molecule has 0 aromatic heterocycles. The van der Waals surface area contributed by atoms with Crippen molar-refractivity contribution in [2.75, 3.05) is 0 Å². The number of hydrogen-bond acceptors (Lipinski definition) is 0. The second-order valence-corrected chi connectivity index (χ2v) is 5.00. The second-order valence-electron chi connectivity index (χ2n) is 4.01. The minimum absolute atomic E-state index is 0.371. The molecule has 0 aliphatic heterocycles. The molecule has 16 heavy (non-hydrogen) atoms. The maximum Gasteiger partial charge on any atom is 0.0461 e. The molecule has 2 aromatic carbocycles. The van der Waals surface area contributed by atoms with Crippen LogP contribution in [0.2, 0.25) is 0 Å². The summed E-state index contributed by atoms with van der Waals surface area (Å²) in [4.78, 5) is 0.371. The lowest BCUT2D eigenvalue weighted by atomic mass is 9.94. The van der Waals surface area contributed by atoms with Crippen LogP contribution in [0.3, 0.4) is 0 Å². The fourth-order valence-electron chi connectivity index (χ4n) is 1.85. The summed E-state index contributed by atoms with van der Waals surface area (Å²) < 4.78 is 0. The first-order valence-corrected chi connectivity index (χ1v) is 6.44. The molecule has 0 N–H and O–H groups in total. The first-order valence-electron chi connectivity index (χ1n) is 5.53. The maximum absolute atomic E-state index is 3.79. The summed E-state index contributed by atoms with van der Waals surface area (Å²) in [7, 11) is 0. The molecule has 0 amide bonds. The standard InChI is InChI=1S/C15H15Br/c1-12(13-8-4-2-5-9-13)15(16)14-10-6-3-7-11-14/h2-12,15H,1H3/t12-,15?/m1/s1. The van der Waals surface area contributed by atoms with Crippen LogP contribution in [0.15, 0.2) is 60.7 Å². The summed E-state index contributed by atoms with van der Waals surface area (Å²) in [6.45, 7) is 2.25. The van der Waals surface area contributed by atoms with E-state index in [2.05, 4.69) is 83.5 Å². The minimum atomic E-state index is 0.371. The second kappa shape index (κ2) is 5.31. The van der Waals surface area contributed by atoms with E-state index in [1.165, 1.54) is 11.1 Å². The molecule has 0 saturated heterocycles. The molecule has 0 saturated carbocycles. The molecular weight excluding hydrogens is 260 g/mol. The zero-order valence-corrected chi connectivity index (χ0v) is 10.9. The Morgan fingerprint density at radius 3 is 1.69 bits per heavy atom. The van der Waals surface area contributed by atoms with E-state index in [0.717, 1.165) is 0 Å². The number of benzene rings is 2. The van der Waals surface area contributed by atoms with E-state index in [0.29, 0.717) is 10.7 Å². The molecule has 0 bridgehead atoms. The summed E-state index contributed by atoms with van der Waals surface area (Å²) in [5.41, 5.74) is 2.70. The van der Waals surface area contributed by atoms with Crippen LogP contribution in [0.1, 0.15) is 28.8 Å². The van der Waals surface area contributed by atoms with Crippen molar-refractivity contribution in [2.45, 2.75) is 17.7 Å². The average molecular weight is 275 g/mol. The maximum atomic E-state index is 3.79. The van der Waals surface area contributed by atoms with E-state index in [-0.39, 0.29) is 0 Å². The lowest BCUT2D eigenvalue weighted by Crippen LogP contribution is -2.01. The summed E-state index contributed by atoms with van der Waals surface area (Å²) in [5, 5.41) is 0. The number of alkyl halides is 1. The van der Waals surface area contributed by atoms with Gasteiger partial charge in [-0.1, -0.05) is 83.5 Å². The topological polar surface area (TPSA) is 0 Å². The first-order chi connectivity index (χ1) is 7.79. The Balaban J connectivity index is 2.20. The summed E-state index contributed by atoms with van der Waals surface area (Å²) >= 11 is 3.79. The molecule has 2 rings (SSSR count). The number of rotatable bonds is 3. The van der Waals surface area contributed by atoms with Gasteiger partial charge in [-0.2, -0.15) is 0 Å². The van der Waals surface area contributed by atoms with Crippen LogP contribution < -0.4 is 0 Å². The average Bonchev–Trinajstić information content (AvgIpc) is 2.39. The normalized spacial score (nSPS) is 14.4. The van der Waals surface area contributed by atoms with Crippen molar-refractivity contribution >= 4 is 15.9 Å². The zero-order chi connectivity index (χ0) is 11.4. The van der Waals surface area contributed by atoms with E-state index in [4.69, 9.17) is 0 Å². The predicted molar refractivity (Wildman–Crippen MR) is 73.0 cm³/mol. The molecule has 2 aromatic rings. The van der Waals surface area contributed by atoms with Crippen LogP contribution in [-0.2, 0) is 0 Å². The Kier molecular flexibility index (Phi) is 3.79. The van der Waals surface area contributed by atoms with E-state index in [1.807, 2.05) is 0 Å². The lowest BCUT2D eigenvalue weighted by molar-refractivity contribution is 0.752. The number of halogens is 1. The molecule has 2 atom stereocenters. The Hall–Kier alpha value is -1.08. The van der Waals surface area contributed by atoms with Crippen molar-refractivity contribution in [3.05, 3.63) is 71.8 Å². The van der Waals surface area contributed by atoms with Crippen molar-refractivity contribution in [1.82, 2.24) is 0 Å². The van der Waals surface area contributed by atoms with E-state index >= 15 is 0 Å². The Labute approximate surface area is 105 Å². The fourth-order valence-corrected chi connectivity index (χ4v) is 2.46. The van der Waals surface area contributed by atoms with Gasteiger partial charge in [0.1, 0.15) is 0 Å². The van der Waals surface area contributed by atoms with E-state index in [1.54, 1.807) is 0 Å². The van der Waals surface area contributed by atoms with Gasteiger partial charge in [0.2, 0.25) is 0 Å². The molecule has 0 fully saturated rings. The van der Waals surface area contributed by atoms with E-state index in [9.17, 15) is 0 Å². The van der Waals surface area contributed by atoms with Gasteiger partial charge in [-0.3, -0.25) is 0 Å². The third-order valence-corrected chi connectivity index (χ3v) is 4.20. The Morgan fingerprint density at radius 2 is 1.19 bits per heavy atom. The van der Waals surface area contributed by atoms with Gasteiger partial charge in [0.25, 0.3) is 0 Å². The van der Waals surface area contributed by atoms with Gasteiger partial charge in [-0.05, 0) is 17.0 Å². The summed E-state index contributed by atoms with van der Waals surface area (Å²) in [5.74, 6) is 0.476. The molecule has 82 valence electrons. The van der Waals surface area contributed by atoms with Crippen LogP contribution in [0.5, 0.6) is 0 Å². The zero-order valence-electron chi connectivity index (χ0n) is 9.31. The molecule has 0 aliphatic carbocycles. The minimum Gasteiger partial charge on any atom is -0.0832 e. The molecule has 0 spiro atoms. The van der Waals surface area contributed by atoms with Crippen LogP contribution in [0.25, 0.3) is 0 Å².